The van der Waals surface area contributed by atoms with Crippen molar-refractivity contribution in [2.24, 2.45) is 0 Å². The molecular formula is C26H33N11O8. The fourth-order valence-corrected chi connectivity index (χ4v) is 5.53. The Morgan fingerprint density at radius 1 is 0.822 bits per heavy atom. The highest BCUT2D eigenvalue weighted by molar-refractivity contribution is 5.82. The van der Waals surface area contributed by atoms with Crippen LogP contribution in [0.5, 0.6) is 0 Å². The molecule has 0 aromatic carbocycles. The van der Waals surface area contributed by atoms with Gasteiger partial charge in [0.1, 0.15) is 54.8 Å². The van der Waals surface area contributed by atoms with Gasteiger partial charge in [0.2, 0.25) is 0 Å². The minimum absolute atomic E-state index is 0.0680. The molecule has 2 aliphatic heterocycles. The Bertz CT molecular complexity index is 1720. The van der Waals surface area contributed by atoms with Gasteiger partial charge in [0.05, 0.1) is 19.5 Å². The molecule has 6 heterocycles. The Balaban J connectivity index is 1.24. The van der Waals surface area contributed by atoms with E-state index in [2.05, 4.69) is 41.7 Å². The van der Waals surface area contributed by atoms with E-state index in [1.807, 2.05) is 4.90 Å². The molecule has 0 amide bonds. The van der Waals surface area contributed by atoms with Crippen molar-refractivity contribution in [3.8, 4) is 11.8 Å². The molecule has 0 radical (unpaired) electrons. The average molecular weight is 628 g/mol. The largest absolute Gasteiger partial charge is 0.396 e. The van der Waals surface area contributed by atoms with Crippen LogP contribution in [0.25, 0.3) is 22.3 Å². The van der Waals surface area contributed by atoms with E-state index in [9.17, 15) is 30.6 Å². The van der Waals surface area contributed by atoms with Gasteiger partial charge in [-0.3, -0.25) is 14.0 Å². The predicted molar refractivity (Wildman–Crippen MR) is 153 cm³/mol. The third-order valence-corrected chi connectivity index (χ3v) is 7.85. The van der Waals surface area contributed by atoms with Crippen LogP contribution < -0.4 is 11.5 Å². The molecule has 19 heteroatoms. The van der Waals surface area contributed by atoms with E-state index in [-0.39, 0.29) is 48.3 Å². The van der Waals surface area contributed by atoms with Crippen molar-refractivity contribution >= 4 is 34.0 Å². The van der Waals surface area contributed by atoms with Crippen LogP contribution in [0.1, 0.15) is 24.7 Å². The van der Waals surface area contributed by atoms with Crippen LogP contribution in [0.3, 0.4) is 0 Å². The predicted octanol–water partition coefficient (Wildman–Crippen LogP) is -3.90. The highest BCUT2D eigenvalue weighted by atomic mass is 16.6. The van der Waals surface area contributed by atoms with Crippen molar-refractivity contribution in [2.45, 2.75) is 55.5 Å². The Kier molecular flexibility index (Phi) is 8.74. The number of hydrogen-bond acceptors (Lipinski definition) is 17. The lowest BCUT2D eigenvalue weighted by Crippen LogP contribution is -2.40. The molecule has 0 aliphatic carbocycles. The molecule has 10 N–H and O–H groups in total. The Labute approximate surface area is 254 Å². The van der Waals surface area contributed by atoms with Gasteiger partial charge in [-0.15, -0.1) is 0 Å². The van der Waals surface area contributed by atoms with Crippen LogP contribution in [0.4, 0.5) is 11.6 Å². The first-order valence-electron chi connectivity index (χ1n) is 14.1. The summed E-state index contributed by atoms with van der Waals surface area (Å²) in [6.45, 7) is 0.00934. The Morgan fingerprint density at radius 2 is 1.49 bits per heavy atom. The molecule has 8 atom stereocenters. The zero-order chi connectivity index (χ0) is 31.8. The molecule has 2 saturated heterocycles. The quantitative estimate of drug-likeness (QED) is 0.0823. The Hall–Kier alpha value is -4.10. The summed E-state index contributed by atoms with van der Waals surface area (Å²) in [5.74, 6) is 6.27. The molecule has 0 unspecified atom stereocenters. The average Bonchev–Trinajstić information content (AvgIpc) is 3.77. The highest BCUT2D eigenvalue weighted by Crippen LogP contribution is 2.34. The summed E-state index contributed by atoms with van der Waals surface area (Å²) in [4.78, 5) is 26.7. The monoisotopic (exact) mass is 627 g/mol. The smallest absolute Gasteiger partial charge is 0.190 e. The number of rotatable bonds is 9. The van der Waals surface area contributed by atoms with Crippen LogP contribution >= 0.6 is 0 Å². The number of imidazole rings is 2. The summed E-state index contributed by atoms with van der Waals surface area (Å²) < 4.78 is 14.7. The van der Waals surface area contributed by atoms with Crippen molar-refractivity contribution in [3.63, 3.8) is 0 Å². The molecule has 45 heavy (non-hydrogen) atoms. The maximum atomic E-state index is 10.9. The summed E-state index contributed by atoms with van der Waals surface area (Å²) in [7, 11) is 0. The molecule has 4 aromatic rings. The number of fused-ring (bicyclic) bond motifs is 2. The minimum atomic E-state index is -1.42. The van der Waals surface area contributed by atoms with E-state index in [1.54, 1.807) is 0 Å². The van der Waals surface area contributed by atoms with E-state index in [0.29, 0.717) is 24.1 Å². The second-order valence-electron chi connectivity index (χ2n) is 10.7. The number of aliphatic hydroxyl groups excluding tert-OH is 6. The van der Waals surface area contributed by atoms with E-state index in [1.165, 1.54) is 28.1 Å². The number of aliphatic hydroxyl groups is 6. The third-order valence-electron chi connectivity index (χ3n) is 7.85. The zero-order valence-corrected chi connectivity index (χ0v) is 23.8. The molecule has 0 bridgehead atoms. The number of hydrogen-bond donors (Lipinski definition) is 8. The van der Waals surface area contributed by atoms with Crippen molar-refractivity contribution in [2.75, 3.05) is 44.3 Å². The van der Waals surface area contributed by atoms with Gasteiger partial charge in [-0.05, 0) is 12.3 Å². The van der Waals surface area contributed by atoms with E-state index >= 15 is 0 Å². The normalized spacial score (nSPS) is 28.3. The molecule has 2 aliphatic rings. The summed E-state index contributed by atoms with van der Waals surface area (Å²) in [6.07, 6.45) is -5.15. The van der Waals surface area contributed by atoms with Gasteiger partial charge in [-0.2, -0.15) is 0 Å². The number of aromatic nitrogens is 8. The lowest BCUT2D eigenvalue weighted by Gasteiger charge is -2.24. The molecule has 0 saturated carbocycles. The maximum absolute atomic E-state index is 10.9. The zero-order valence-electron chi connectivity index (χ0n) is 23.8. The second kappa shape index (κ2) is 12.7. The van der Waals surface area contributed by atoms with E-state index in [4.69, 9.17) is 20.9 Å². The standard InChI is InChI=1S/C26H33N11O8/c27-21-15-23(31-9-29-21)36(11-33-15)25-19(42)17(40)12(44-25)7-35(5-2-6-38)4-1-3-14-34-16-22(28)30-10-32-24(16)37(14)26-20(43)18(41)13(8-39)45-26/h9-13,17-20,25-26,38-43H,2,4-8H2,(H2,27,29,31)(H2,28,30,32)/t12-,13-,17-,18-,19-,20-,25-,26-/m1/s1. The van der Waals surface area contributed by atoms with Gasteiger partial charge in [0, 0.05) is 19.7 Å². The first kappa shape index (κ1) is 30.9. The number of anilines is 2. The van der Waals surface area contributed by atoms with Gasteiger partial charge in [-0.1, -0.05) is 5.92 Å². The van der Waals surface area contributed by atoms with Crippen molar-refractivity contribution in [1.82, 2.24) is 43.9 Å². The third kappa shape index (κ3) is 5.63. The molecule has 240 valence electrons. The summed E-state index contributed by atoms with van der Waals surface area (Å²) >= 11 is 0. The molecule has 4 aromatic heterocycles. The van der Waals surface area contributed by atoms with Gasteiger partial charge in [0.25, 0.3) is 0 Å². The highest BCUT2D eigenvalue weighted by Gasteiger charge is 2.46. The van der Waals surface area contributed by atoms with E-state index in [0.717, 1.165) is 0 Å². The van der Waals surface area contributed by atoms with Crippen LogP contribution in [-0.4, -0.2) is 144 Å². The van der Waals surface area contributed by atoms with Crippen LogP contribution in [-0.2, 0) is 9.47 Å². The van der Waals surface area contributed by atoms with Gasteiger partial charge in [0.15, 0.2) is 46.7 Å². The van der Waals surface area contributed by atoms with Crippen LogP contribution in [0, 0.1) is 11.8 Å². The fraction of sp³-hybridized carbons (Fsp3) is 0.538. The van der Waals surface area contributed by atoms with Crippen molar-refractivity contribution in [1.29, 1.82) is 0 Å². The lowest BCUT2D eigenvalue weighted by molar-refractivity contribution is -0.0514. The SMILES string of the molecule is Nc1ncnc2c1ncn2[C@@H]1O[C@H](CN(CC#Cc2nc3c(N)ncnc3n2[C@@H]2O[C@H](CO)[C@@H](O)[C@H]2O)CCCO)[C@@H](O)[C@H]1O. The molecular weight excluding hydrogens is 594 g/mol. The number of ether oxygens (including phenoxy) is 2. The van der Waals surface area contributed by atoms with Gasteiger partial charge < -0.3 is 51.6 Å². The lowest BCUT2D eigenvalue weighted by atomic mass is 10.1. The molecule has 2 fully saturated rings. The van der Waals surface area contributed by atoms with Gasteiger partial charge >= 0.3 is 0 Å². The summed E-state index contributed by atoms with van der Waals surface area (Å²) in [6, 6.07) is 0. The topological polar surface area (TPSA) is 282 Å². The fourth-order valence-electron chi connectivity index (χ4n) is 5.53. The second-order valence-corrected chi connectivity index (χ2v) is 10.7. The van der Waals surface area contributed by atoms with Crippen molar-refractivity contribution in [3.05, 3.63) is 24.8 Å². The van der Waals surface area contributed by atoms with Crippen LogP contribution in [0.2, 0.25) is 0 Å². The van der Waals surface area contributed by atoms with E-state index < -0.39 is 55.7 Å². The van der Waals surface area contributed by atoms with Crippen molar-refractivity contribution < 1.29 is 40.1 Å². The van der Waals surface area contributed by atoms with Crippen LogP contribution in [0.15, 0.2) is 19.0 Å². The number of nitrogen functional groups attached to an aromatic ring is 2. The molecule has 6 rings (SSSR count). The minimum Gasteiger partial charge on any atom is -0.396 e. The first-order valence-corrected chi connectivity index (χ1v) is 14.1. The molecule has 0 spiro atoms. The first-order chi connectivity index (χ1) is 21.7. The molecule has 19 nitrogen and oxygen atoms in total. The Morgan fingerprint density at radius 3 is 2.20 bits per heavy atom. The number of nitrogens with zero attached hydrogens (tertiary/aromatic N) is 9. The van der Waals surface area contributed by atoms with Gasteiger partial charge in [-0.25, -0.2) is 29.9 Å². The summed E-state index contributed by atoms with van der Waals surface area (Å²) in [5, 5.41) is 61.8. The summed E-state index contributed by atoms with van der Waals surface area (Å²) in [5.41, 5.74) is 13.0. The number of nitrogens with two attached hydrogens (primary N) is 2. The maximum Gasteiger partial charge on any atom is 0.190 e.